The van der Waals surface area contributed by atoms with Crippen molar-refractivity contribution in [3.05, 3.63) is 58.5 Å². The summed E-state index contributed by atoms with van der Waals surface area (Å²) in [5.74, 6) is -0.0779. The van der Waals surface area contributed by atoms with Gasteiger partial charge in [-0.1, -0.05) is 6.07 Å². The number of amides is 1. The fraction of sp³-hybridized carbons (Fsp3) is 0.381. The Labute approximate surface area is 168 Å². The molecule has 2 aromatic rings. The third-order valence-electron chi connectivity index (χ3n) is 4.91. The Kier molecular flexibility index (Phi) is 5.93. The summed E-state index contributed by atoms with van der Waals surface area (Å²) in [6.45, 7) is 6.85. The van der Waals surface area contributed by atoms with Gasteiger partial charge in [0.15, 0.2) is 6.61 Å². The van der Waals surface area contributed by atoms with E-state index in [0.29, 0.717) is 17.1 Å². The molecule has 28 heavy (non-hydrogen) atoms. The lowest BCUT2D eigenvalue weighted by Crippen LogP contribution is -2.43. The molecule has 1 fully saturated rings. The van der Waals surface area contributed by atoms with Crippen LogP contribution in [0.15, 0.2) is 34.9 Å². The molecule has 2 heterocycles. The summed E-state index contributed by atoms with van der Waals surface area (Å²) in [5, 5.41) is -0.372. The largest absolute Gasteiger partial charge is 0.466 e. The zero-order valence-electron chi connectivity index (χ0n) is 16.4. The molecule has 0 spiro atoms. The molecule has 0 bridgehead atoms. The minimum Gasteiger partial charge on any atom is -0.466 e. The van der Waals surface area contributed by atoms with Crippen LogP contribution in [0.5, 0.6) is 0 Å². The van der Waals surface area contributed by atoms with Crippen LogP contribution in [0.1, 0.15) is 45.1 Å². The van der Waals surface area contributed by atoms with Crippen LogP contribution in [-0.2, 0) is 14.3 Å². The molecule has 0 aliphatic carbocycles. The van der Waals surface area contributed by atoms with Gasteiger partial charge >= 0.3 is 5.97 Å². The Morgan fingerprint density at radius 3 is 2.54 bits per heavy atom. The van der Waals surface area contributed by atoms with Crippen molar-refractivity contribution in [1.82, 2.24) is 4.90 Å². The monoisotopic (exact) mass is 401 g/mol. The summed E-state index contributed by atoms with van der Waals surface area (Å²) in [6, 6.07) is 6.54. The molecule has 0 unspecified atom stereocenters. The van der Waals surface area contributed by atoms with E-state index in [0.717, 1.165) is 16.7 Å². The maximum atomic E-state index is 12.6. The van der Waals surface area contributed by atoms with E-state index in [1.165, 1.54) is 29.8 Å². The molecular weight excluding hydrogens is 378 g/mol. The van der Waals surface area contributed by atoms with Crippen molar-refractivity contribution in [1.29, 1.82) is 0 Å². The van der Waals surface area contributed by atoms with Gasteiger partial charge in [-0.2, -0.15) is 0 Å². The first-order valence-electron chi connectivity index (χ1n) is 9.01. The number of esters is 1. The van der Waals surface area contributed by atoms with E-state index in [1.54, 1.807) is 12.1 Å². The average molecular weight is 401 g/mol. The Bertz CT molecular complexity index is 906. The third kappa shape index (κ3) is 3.99. The van der Waals surface area contributed by atoms with Crippen molar-refractivity contribution in [2.75, 3.05) is 12.4 Å². The number of benzene rings is 1. The van der Waals surface area contributed by atoms with Crippen LogP contribution < -0.4 is 0 Å². The summed E-state index contributed by atoms with van der Waals surface area (Å²) in [5.41, 5.74) is 3.52. The summed E-state index contributed by atoms with van der Waals surface area (Å²) in [4.78, 5) is 38.7. The first-order valence-corrected chi connectivity index (χ1v) is 10.1. The number of rotatable bonds is 5. The van der Waals surface area contributed by atoms with Gasteiger partial charge in [-0.3, -0.25) is 9.59 Å². The lowest BCUT2D eigenvalue weighted by atomic mass is 9.98. The molecule has 0 saturated carbocycles. The minimum absolute atomic E-state index is 0.246. The zero-order chi connectivity index (χ0) is 20.4. The molecule has 148 valence electrons. The fourth-order valence-electron chi connectivity index (χ4n) is 3.30. The van der Waals surface area contributed by atoms with E-state index < -0.39 is 12.0 Å². The highest BCUT2D eigenvalue weighted by Gasteiger charge is 2.43. The van der Waals surface area contributed by atoms with E-state index in [1.807, 2.05) is 32.9 Å². The highest BCUT2D eigenvalue weighted by Crippen LogP contribution is 2.41. The van der Waals surface area contributed by atoms with Crippen molar-refractivity contribution >= 4 is 29.4 Å². The van der Waals surface area contributed by atoms with Gasteiger partial charge in [0.25, 0.3) is 0 Å². The Morgan fingerprint density at radius 2 is 1.89 bits per heavy atom. The number of furan rings is 1. The number of ether oxygens (including phenoxy) is 1. The Balaban J connectivity index is 1.68. The number of carbonyl (C=O) groups is 3. The fourth-order valence-corrected chi connectivity index (χ4v) is 4.71. The van der Waals surface area contributed by atoms with E-state index >= 15 is 0 Å². The normalized spacial score (nSPS) is 18.9. The zero-order valence-corrected chi connectivity index (χ0v) is 17.2. The molecule has 1 saturated heterocycles. The molecule has 7 heteroatoms. The lowest BCUT2D eigenvalue weighted by molar-refractivity contribution is -0.152. The molecule has 0 N–H and O–H groups in total. The summed E-state index contributed by atoms with van der Waals surface area (Å²) in [7, 11) is 0. The van der Waals surface area contributed by atoms with Gasteiger partial charge in [-0.05, 0) is 55.7 Å². The molecule has 1 aliphatic heterocycles. The highest BCUT2D eigenvalue weighted by atomic mass is 32.2. The van der Waals surface area contributed by atoms with Gasteiger partial charge in [0.05, 0.1) is 6.26 Å². The number of nitrogens with zero attached hydrogens (tertiary/aromatic N) is 1. The van der Waals surface area contributed by atoms with Crippen molar-refractivity contribution in [2.24, 2.45) is 0 Å². The van der Waals surface area contributed by atoms with E-state index in [-0.39, 0.29) is 23.7 Å². The van der Waals surface area contributed by atoms with Crippen LogP contribution in [0.25, 0.3) is 0 Å². The van der Waals surface area contributed by atoms with Crippen LogP contribution in [0.3, 0.4) is 0 Å². The summed E-state index contributed by atoms with van der Waals surface area (Å²) >= 11 is 1.44. The lowest BCUT2D eigenvalue weighted by Gasteiger charge is -2.25. The van der Waals surface area contributed by atoms with Crippen molar-refractivity contribution in [2.45, 2.75) is 39.1 Å². The quantitative estimate of drug-likeness (QED) is 0.563. The summed E-state index contributed by atoms with van der Waals surface area (Å²) in [6.07, 6.45) is 1.53. The van der Waals surface area contributed by atoms with Crippen LogP contribution in [0.4, 0.5) is 0 Å². The first-order chi connectivity index (χ1) is 13.3. The first kappa shape index (κ1) is 20.2. The van der Waals surface area contributed by atoms with E-state index in [2.05, 4.69) is 0 Å². The number of hydrogen-bond donors (Lipinski definition) is 0. The molecule has 1 aromatic carbocycles. The second kappa shape index (κ2) is 8.22. The smallest absolute Gasteiger partial charge is 0.330 e. The number of Topliss-reactive ketones (excluding diaryl/α,β-unsaturated/α-hetero) is 1. The molecule has 2 atom stereocenters. The number of carbonyl (C=O) groups excluding carboxylic acids is 3. The van der Waals surface area contributed by atoms with Gasteiger partial charge in [-0.25, -0.2) is 4.79 Å². The molecule has 1 aliphatic rings. The van der Waals surface area contributed by atoms with Gasteiger partial charge in [0.1, 0.15) is 17.2 Å². The predicted octanol–water partition coefficient (Wildman–Crippen LogP) is 3.59. The van der Waals surface area contributed by atoms with Gasteiger partial charge in [0, 0.05) is 18.2 Å². The predicted molar refractivity (Wildman–Crippen MR) is 106 cm³/mol. The van der Waals surface area contributed by atoms with Crippen molar-refractivity contribution in [3.8, 4) is 0 Å². The molecule has 3 rings (SSSR count). The standard InChI is InChI=1S/C21H23NO5S/c1-12-8-14(3)16(9-13(12)2)18(24)10-27-21(25)17-11-28-20(22(17)15(4)23)19-6-5-7-26-19/h5-9,17,20H,10-11H2,1-4H3/t17-,20+/m0/s1. The molecule has 1 amide bonds. The number of ketones is 1. The SMILES string of the molecule is CC(=O)N1[C@@H](c2ccco2)SC[C@H]1C(=O)OCC(=O)c1cc(C)c(C)cc1C. The third-order valence-corrected chi connectivity index (χ3v) is 6.19. The molecule has 6 nitrogen and oxygen atoms in total. The second-order valence-electron chi connectivity index (χ2n) is 6.93. The molecule has 1 aromatic heterocycles. The van der Waals surface area contributed by atoms with Gasteiger partial charge in [0.2, 0.25) is 11.7 Å². The topological polar surface area (TPSA) is 76.8 Å². The number of thioether (sulfide) groups is 1. The minimum atomic E-state index is -0.744. The molecular formula is C21H23NO5S. The van der Waals surface area contributed by atoms with Gasteiger partial charge in [-0.15, -0.1) is 11.8 Å². The maximum absolute atomic E-state index is 12.6. The maximum Gasteiger partial charge on any atom is 0.330 e. The highest BCUT2D eigenvalue weighted by molar-refractivity contribution is 7.99. The van der Waals surface area contributed by atoms with Crippen molar-refractivity contribution < 1.29 is 23.5 Å². The Hall–Kier alpha value is -2.54. The van der Waals surface area contributed by atoms with E-state index in [4.69, 9.17) is 9.15 Å². The van der Waals surface area contributed by atoms with Crippen LogP contribution in [-0.4, -0.2) is 41.0 Å². The van der Waals surface area contributed by atoms with Crippen molar-refractivity contribution in [3.63, 3.8) is 0 Å². The van der Waals surface area contributed by atoms with Crippen LogP contribution in [0, 0.1) is 20.8 Å². The van der Waals surface area contributed by atoms with Gasteiger partial charge < -0.3 is 14.1 Å². The van der Waals surface area contributed by atoms with Crippen LogP contribution >= 0.6 is 11.8 Å². The summed E-state index contributed by atoms with van der Waals surface area (Å²) < 4.78 is 10.7. The Morgan fingerprint density at radius 1 is 1.18 bits per heavy atom. The van der Waals surface area contributed by atoms with Crippen LogP contribution in [0.2, 0.25) is 0 Å². The number of hydrogen-bond acceptors (Lipinski definition) is 6. The molecule has 0 radical (unpaired) electrons. The van der Waals surface area contributed by atoms with E-state index in [9.17, 15) is 14.4 Å². The second-order valence-corrected chi connectivity index (χ2v) is 8.04. The number of aryl methyl sites for hydroxylation is 3. The average Bonchev–Trinajstić information content (AvgIpc) is 3.31.